The van der Waals surface area contributed by atoms with Crippen LogP contribution < -0.4 is 10.1 Å². The van der Waals surface area contributed by atoms with Crippen molar-refractivity contribution in [1.29, 1.82) is 0 Å². The Bertz CT molecular complexity index is 674. The van der Waals surface area contributed by atoms with Crippen LogP contribution in [0.2, 0.25) is 0 Å². The highest BCUT2D eigenvalue weighted by molar-refractivity contribution is 6.01. The van der Waals surface area contributed by atoms with Crippen molar-refractivity contribution >= 4 is 17.8 Å². The summed E-state index contributed by atoms with van der Waals surface area (Å²) in [5.74, 6) is 1.38. The SMILES string of the molecule is Cc1cn[nH]c1NC(=O)/C=C/c1ccc2c(c1)CCO2. The third-order valence-electron chi connectivity index (χ3n) is 3.22. The number of H-pyrrole nitrogens is 1. The molecule has 1 amide bonds. The topological polar surface area (TPSA) is 67.0 Å². The van der Waals surface area contributed by atoms with Crippen molar-refractivity contribution in [2.45, 2.75) is 13.3 Å². The lowest BCUT2D eigenvalue weighted by atomic mass is 10.1. The van der Waals surface area contributed by atoms with Gasteiger partial charge in [0.05, 0.1) is 12.8 Å². The highest BCUT2D eigenvalue weighted by Gasteiger charge is 2.11. The maximum absolute atomic E-state index is 11.8. The molecule has 0 fully saturated rings. The smallest absolute Gasteiger partial charge is 0.249 e. The molecule has 5 nitrogen and oxygen atoms in total. The first-order valence-corrected chi connectivity index (χ1v) is 6.47. The summed E-state index contributed by atoms with van der Waals surface area (Å²) in [4.78, 5) is 11.8. The number of anilines is 1. The Kier molecular flexibility index (Phi) is 3.25. The third-order valence-corrected chi connectivity index (χ3v) is 3.22. The maximum atomic E-state index is 11.8. The monoisotopic (exact) mass is 269 g/mol. The van der Waals surface area contributed by atoms with E-state index in [2.05, 4.69) is 15.5 Å². The normalized spacial score (nSPS) is 13.2. The number of benzene rings is 1. The molecule has 0 unspecified atom stereocenters. The second-order valence-electron chi connectivity index (χ2n) is 4.72. The third kappa shape index (κ3) is 2.56. The van der Waals surface area contributed by atoms with Crippen LogP contribution >= 0.6 is 0 Å². The highest BCUT2D eigenvalue weighted by Crippen LogP contribution is 2.26. The first-order chi connectivity index (χ1) is 9.72. The molecule has 0 atom stereocenters. The van der Waals surface area contributed by atoms with Crippen LogP contribution in [-0.2, 0) is 11.2 Å². The zero-order chi connectivity index (χ0) is 13.9. The van der Waals surface area contributed by atoms with E-state index in [9.17, 15) is 4.79 Å². The molecule has 0 radical (unpaired) electrons. The van der Waals surface area contributed by atoms with Gasteiger partial charge in [-0.05, 0) is 36.3 Å². The van der Waals surface area contributed by atoms with E-state index >= 15 is 0 Å². The Morgan fingerprint density at radius 1 is 1.50 bits per heavy atom. The molecule has 1 aliphatic rings. The minimum absolute atomic E-state index is 0.186. The van der Waals surface area contributed by atoms with E-state index in [-0.39, 0.29) is 5.91 Å². The first kappa shape index (κ1) is 12.5. The summed E-state index contributed by atoms with van der Waals surface area (Å²) in [5, 5.41) is 9.34. The van der Waals surface area contributed by atoms with Gasteiger partial charge in [0.25, 0.3) is 0 Å². The van der Waals surface area contributed by atoms with E-state index in [1.54, 1.807) is 12.3 Å². The molecule has 0 saturated carbocycles. The molecule has 3 rings (SSSR count). The molecule has 5 heteroatoms. The minimum Gasteiger partial charge on any atom is -0.493 e. The zero-order valence-corrected chi connectivity index (χ0v) is 11.1. The van der Waals surface area contributed by atoms with Gasteiger partial charge in [0.1, 0.15) is 11.6 Å². The number of hydrogen-bond acceptors (Lipinski definition) is 3. The van der Waals surface area contributed by atoms with Crippen molar-refractivity contribution in [2.75, 3.05) is 11.9 Å². The Labute approximate surface area is 116 Å². The molecule has 0 spiro atoms. The van der Waals surface area contributed by atoms with Crippen LogP contribution in [0.25, 0.3) is 6.08 Å². The van der Waals surface area contributed by atoms with Crippen LogP contribution in [0.4, 0.5) is 5.82 Å². The van der Waals surface area contributed by atoms with Gasteiger partial charge in [-0.25, -0.2) is 0 Å². The fourth-order valence-electron chi connectivity index (χ4n) is 2.12. The molecular weight excluding hydrogens is 254 g/mol. The van der Waals surface area contributed by atoms with Gasteiger partial charge in [-0.1, -0.05) is 6.07 Å². The van der Waals surface area contributed by atoms with E-state index < -0.39 is 0 Å². The zero-order valence-electron chi connectivity index (χ0n) is 11.1. The van der Waals surface area contributed by atoms with E-state index in [0.717, 1.165) is 29.9 Å². The van der Waals surface area contributed by atoms with Crippen LogP contribution in [0.3, 0.4) is 0 Å². The summed E-state index contributed by atoms with van der Waals surface area (Å²) >= 11 is 0. The largest absolute Gasteiger partial charge is 0.493 e. The predicted octanol–water partition coefficient (Wildman–Crippen LogP) is 2.30. The van der Waals surface area contributed by atoms with Gasteiger partial charge < -0.3 is 10.1 Å². The van der Waals surface area contributed by atoms with Crippen molar-refractivity contribution in [2.24, 2.45) is 0 Å². The molecule has 1 aromatic heterocycles. The fourth-order valence-corrected chi connectivity index (χ4v) is 2.12. The molecule has 0 bridgehead atoms. The highest BCUT2D eigenvalue weighted by atomic mass is 16.5. The number of fused-ring (bicyclic) bond motifs is 1. The van der Waals surface area contributed by atoms with E-state index in [1.807, 2.05) is 25.1 Å². The van der Waals surface area contributed by atoms with Gasteiger partial charge in [0.2, 0.25) is 5.91 Å². The quantitative estimate of drug-likeness (QED) is 0.840. The van der Waals surface area contributed by atoms with Gasteiger partial charge >= 0.3 is 0 Å². The molecule has 2 N–H and O–H groups in total. The number of amides is 1. The Balaban J connectivity index is 1.68. The van der Waals surface area contributed by atoms with E-state index in [1.165, 1.54) is 11.6 Å². The average molecular weight is 269 g/mol. The lowest BCUT2D eigenvalue weighted by molar-refractivity contribution is -0.111. The number of nitrogens with zero attached hydrogens (tertiary/aromatic N) is 1. The minimum atomic E-state index is -0.186. The Hall–Kier alpha value is -2.56. The summed E-state index contributed by atoms with van der Waals surface area (Å²) in [6, 6.07) is 5.93. The van der Waals surface area contributed by atoms with Crippen molar-refractivity contribution in [3.05, 3.63) is 47.2 Å². The molecule has 0 aliphatic carbocycles. The van der Waals surface area contributed by atoms with E-state index in [0.29, 0.717) is 5.82 Å². The number of aromatic nitrogens is 2. The summed E-state index contributed by atoms with van der Waals surface area (Å²) in [6.45, 7) is 2.62. The maximum Gasteiger partial charge on any atom is 0.249 e. The molecular formula is C15H15N3O2. The van der Waals surface area contributed by atoms with Crippen molar-refractivity contribution < 1.29 is 9.53 Å². The fraction of sp³-hybridized carbons (Fsp3) is 0.200. The van der Waals surface area contributed by atoms with Crippen LogP contribution in [0.15, 0.2) is 30.5 Å². The molecule has 102 valence electrons. The number of carbonyl (C=O) groups excluding carboxylic acids is 1. The number of ether oxygens (including phenoxy) is 1. The molecule has 1 aliphatic heterocycles. The number of aryl methyl sites for hydroxylation is 1. The number of nitrogens with one attached hydrogen (secondary N) is 2. The van der Waals surface area contributed by atoms with Gasteiger partial charge in [0.15, 0.2) is 0 Å². The van der Waals surface area contributed by atoms with Crippen LogP contribution in [-0.4, -0.2) is 22.7 Å². The molecule has 2 heterocycles. The lowest BCUT2D eigenvalue weighted by Crippen LogP contribution is -2.08. The lowest BCUT2D eigenvalue weighted by Gasteiger charge is -2.01. The van der Waals surface area contributed by atoms with Crippen molar-refractivity contribution in [3.8, 4) is 5.75 Å². The standard InChI is InChI=1S/C15H15N3O2/c1-10-9-16-18-15(10)17-14(19)5-3-11-2-4-13-12(8-11)6-7-20-13/h2-5,8-9H,6-7H2,1H3,(H2,16,17,18,19)/b5-3+. The molecule has 20 heavy (non-hydrogen) atoms. The summed E-state index contributed by atoms with van der Waals surface area (Å²) in [6.07, 6.45) is 5.90. The number of hydrogen-bond donors (Lipinski definition) is 2. The van der Waals surface area contributed by atoms with E-state index in [4.69, 9.17) is 4.74 Å². The Morgan fingerprint density at radius 2 is 2.40 bits per heavy atom. The summed E-state index contributed by atoms with van der Waals surface area (Å²) in [7, 11) is 0. The van der Waals surface area contributed by atoms with Crippen LogP contribution in [0, 0.1) is 6.92 Å². The van der Waals surface area contributed by atoms with Crippen molar-refractivity contribution in [3.63, 3.8) is 0 Å². The van der Waals surface area contributed by atoms with Gasteiger partial charge in [0, 0.05) is 18.1 Å². The number of aromatic amines is 1. The van der Waals surface area contributed by atoms with Crippen LogP contribution in [0.1, 0.15) is 16.7 Å². The predicted molar refractivity (Wildman–Crippen MR) is 76.6 cm³/mol. The first-order valence-electron chi connectivity index (χ1n) is 6.47. The molecule has 0 saturated heterocycles. The molecule has 2 aromatic rings. The number of rotatable bonds is 3. The Morgan fingerprint density at radius 3 is 3.20 bits per heavy atom. The van der Waals surface area contributed by atoms with Gasteiger partial charge in [-0.3, -0.25) is 9.89 Å². The summed E-state index contributed by atoms with van der Waals surface area (Å²) < 4.78 is 5.45. The van der Waals surface area contributed by atoms with Crippen LogP contribution in [0.5, 0.6) is 5.75 Å². The second-order valence-corrected chi connectivity index (χ2v) is 4.72. The van der Waals surface area contributed by atoms with Gasteiger partial charge in [-0.2, -0.15) is 5.10 Å². The van der Waals surface area contributed by atoms with Gasteiger partial charge in [-0.15, -0.1) is 0 Å². The average Bonchev–Trinajstić information content (AvgIpc) is 3.05. The van der Waals surface area contributed by atoms with Crippen molar-refractivity contribution in [1.82, 2.24) is 10.2 Å². The number of carbonyl (C=O) groups is 1. The second kappa shape index (κ2) is 5.21. The molecule has 1 aromatic carbocycles. The summed E-state index contributed by atoms with van der Waals surface area (Å²) in [5.41, 5.74) is 3.09.